The Bertz CT molecular complexity index is 806. The molecule has 2 aromatic rings. The number of carbonyl (C=O) groups is 1. The van der Waals surface area contributed by atoms with Crippen molar-refractivity contribution in [1.29, 1.82) is 0 Å². The zero-order valence-corrected chi connectivity index (χ0v) is 12.8. The van der Waals surface area contributed by atoms with Crippen LogP contribution in [0.15, 0.2) is 36.5 Å². The van der Waals surface area contributed by atoms with E-state index < -0.39 is 46.9 Å². The van der Waals surface area contributed by atoms with Crippen LogP contribution >= 0.6 is 0 Å². The molecule has 1 aromatic heterocycles. The lowest BCUT2D eigenvalue weighted by molar-refractivity contribution is -0.141. The van der Waals surface area contributed by atoms with Crippen molar-refractivity contribution in [3.8, 4) is 0 Å². The van der Waals surface area contributed by atoms with Gasteiger partial charge in [0.15, 0.2) is 5.69 Å². The lowest BCUT2D eigenvalue weighted by Gasteiger charge is -2.37. The Hall–Kier alpha value is -2.51. The molecule has 1 aromatic carbocycles. The molecular formula is C17H13F5N2O. The van der Waals surface area contributed by atoms with Crippen molar-refractivity contribution in [2.75, 3.05) is 0 Å². The van der Waals surface area contributed by atoms with E-state index in [1.54, 1.807) is 0 Å². The van der Waals surface area contributed by atoms with Gasteiger partial charge in [-0.1, -0.05) is 6.07 Å². The molecule has 1 unspecified atom stereocenters. The summed E-state index contributed by atoms with van der Waals surface area (Å²) >= 11 is 0. The number of nitrogens with one attached hydrogen (secondary N) is 1. The number of halogens is 5. The molecule has 0 bridgehead atoms. The van der Waals surface area contributed by atoms with E-state index in [1.165, 1.54) is 12.1 Å². The highest BCUT2D eigenvalue weighted by atomic mass is 19.4. The van der Waals surface area contributed by atoms with Gasteiger partial charge in [0, 0.05) is 24.2 Å². The van der Waals surface area contributed by atoms with Crippen LogP contribution in [0.5, 0.6) is 0 Å². The highest BCUT2D eigenvalue weighted by molar-refractivity contribution is 5.95. The normalized spacial score (nSPS) is 20.0. The predicted octanol–water partition coefficient (Wildman–Crippen LogP) is 4.05. The number of aromatic nitrogens is 1. The summed E-state index contributed by atoms with van der Waals surface area (Å²) in [5, 5.41) is 2.50. The van der Waals surface area contributed by atoms with Crippen LogP contribution in [0.25, 0.3) is 0 Å². The topological polar surface area (TPSA) is 42.0 Å². The van der Waals surface area contributed by atoms with Crippen molar-refractivity contribution >= 4 is 5.91 Å². The fourth-order valence-electron chi connectivity index (χ4n) is 2.91. The summed E-state index contributed by atoms with van der Waals surface area (Å²) in [6, 6.07) is 4.90. The van der Waals surface area contributed by atoms with Crippen LogP contribution in [0.3, 0.4) is 0 Å². The molecule has 0 radical (unpaired) electrons. The molecule has 1 aliphatic rings. The third-order valence-electron chi connectivity index (χ3n) is 4.27. The third-order valence-corrected chi connectivity index (χ3v) is 4.27. The number of amides is 1. The lowest BCUT2D eigenvalue weighted by atomic mass is 9.74. The number of alkyl halides is 3. The highest BCUT2D eigenvalue weighted by Crippen LogP contribution is 2.39. The number of rotatable bonds is 3. The molecule has 1 N–H and O–H groups in total. The molecule has 1 amide bonds. The maximum atomic E-state index is 13.9. The molecule has 1 saturated carbocycles. The smallest absolute Gasteiger partial charge is 0.349 e. The van der Waals surface area contributed by atoms with E-state index in [1.807, 2.05) is 0 Å². The van der Waals surface area contributed by atoms with Gasteiger partial charge in [0.05, 0.1) is 5.56 Å². The van der Waals surface area contributed by atoms with E-state index in [4.69, 9.17) is 0 Å². The molecule has 2 atom stereocenters. The van der Waals surface area contributed by atoms with Gasteiger partial charge in [-0.05, 0) is 36.6 Å². The Morgan fingerprint density at radius 3 is 2.52 bits per heavy atom. The predicted molar refractivity (Wildman–Crippen MR) is 78.8 cm³/mol. The van der Waals surface area contributed by atoms with Crippen LogP contribution in [-0.2, 0) is 6.18 Å². The lowest BCUT2D eigenvalue weighted by Crippen LogP contribution is -2.46. The summed E-state index contributed by atoms with van der Waals surface area (Å²) in [5.74, 6) is -2.78. The van der Waals surface area contributed by atoms with Crippen molar-refractivity contribution in [3.63, 3.8) is 0 Å². The van der Waals surface area contributed by atoms with Gasteiger partial charge < -0.3 is 5.32 Å². The van der Waals surface area contributed by atoms with Crippen molar-refractivity contribution in [2.45, 2.75) is 31.0 Å². The van der Waals surface area contributed by atoms with Gasteiger partial charge in [-0.25, -0.2) is 8.78 Å². The van der Waals surface area contributed by atoms with Crippen LogP contribution in [0.1, 0.15) is 40.4 Å². The van der Waals surface area contributed by atoms with Crippen LogP contribution in [0, 0.1) is 11.6 Å². The van der Waals surface area contributed by atoms with E-state index in [0.717, 1.165) is 24.4 Å². The number of hydrogen-bond acceptors (Lipinski definition) is 2. The zero-order valence-electron chi connectivity index (χ0n) is 12.8. The summed E-state index contributed by atoms with van der Waals surface area (Å²) < 4.78 is 65.7. The second-order valence-electron chi connectivity index (χ2n) is 5.83. The zero-order chi connectivity index (χ0) is 18.2. The highest BCUT2D eigenvalue weighted by Gasteiger charge is 2.39. The van der Waals surface area contributed by atoms with E-state index >= 15 is 0 Å². The Labute approximate surface area is 139 Å². The van der Waals surface area contributed by atoms with Gasteiger partial charge in [0.1, 0.15) is 11.6 Å². The molecule has 1 aliphatic carbocycles. The van der Waals surface area contributed by atoms with Gasteiger partial charge in [0.2, 0.25) is 0 Å². The number of hydrogen-bond donors (Lipinski definition) is 1. The fraction of sp³-hybridized carbons (Fsp3) is 0.294. The average Bonchev–Trinajstić information content (AvgIpc) is 2.53. The molecule has 8 heteroatoms. The Morgan fingerprint density at radius 1 is 1.16 bits per heavy atom. The number of pyridine rings is 1. The van der Waals surface area contributed by atoms with Crippen molar-refractivity contribution in [3.05, 3.63) is 65.0 Å². The van der Waals surface area contributed by atoms with Crippen molar-refractivity contribution < 1.29 is 26.7 Å². The largest absolute Gasteiger partial charge is 0.434 e. The molecule has 0 saturated heterocycles. The average molecular weight is 356 g/mol. The molecule has 3 nitrogen and oxygen atoms in total. The SMILES string of the molecule is O=C(NC1CC[C@H]1c1ccc(F)cc1F)c1cccnc1C(F)(F)F. The van der Waals surface area contributed by atoms with Crippen molar-refractivity contribution in [1.82, 2.24) is 10.3 Å². The standard InChI is InChI=1S/C17H13F5N2O/c18-9-3-4-10(13(19)8-9)11-5-6-14(11)24-16(25)12-2-1-7-23-15(12)17(20,21)22/h1-4,7-8,11,14H,5-6H2,(H,24,25)/t11-,14?/m0/s1. The quantitative estimate of drug-likeness (QED) is 0.843. The summed E-state index contributed by atoms with van der Waals surface area (Å²) in [6.07, 6.45) is -2.75. The molecule has 1 heterocycles. The number of carbonyl (C=O) groups excluding carboxylic acids is 1. The first kappa shape index (κ1) is 17.3. The minimum Gasteiger partial charge on any atom is -0.349 e. The molecule has 0 spiro atoms. The van der Waals surface area contributed by atoms with Crippen molar-refractivity contribution in [2.24, 2.45) is 0 Å². The monoisotopic (exact) mass is 356 g/mol. The first-order chi connectivity index (χ1) is 11.8. The maximum absolute atomic E-state index is 13.9. The van der Waals surface area contributed by atoms with Gasteiger partial charge in [0.25, 0.3) is 5.91 Å². The van der Waals surface area contributed by atoms with Gasteiger partial charge in [-0.3, -0.25) is 9.78 Å². The van der Waals surface area contributed by atoms with Crippen LogP contribution in [0.2, 0.25) is 0 Å². The molecule has 0 aliphatic heterocycles. The van der Waals surface area contributed by atoms with Crippen LogP contribution in [-0.4, -0.2) is 16.9 Å². The third kappa shape index (κ3) is 3.47. The minimum atomic E-state index is -4.75. The Kier molecular flexibility index (Phi) is 4.45. The molecule has 25 heavy (non-hydrogen) atoms. The van der Waals surface area contributed by atoms with Gasteiger partial charge in [-0.15, -0.1) is 0 Å². The van der Waals surface area contributed by atoms with E-state index in [2.05, 4.69) is 10.3 Å². The summed E-state index contributed by atoms with van der Waals surface area (Å²) in [7, 11) is 0. The Morgan fingerprint density at radius 2 is 1.92 bits per heavy atom. The van der Waals surface area contributed by atoms with E-state index in [0.29, 0.717) is 12.8 Å². The van der Waals surface area contributed by atoms with E-state index in [-0.39, 0.29) is 5.56 Å². The van der Waals surface area contributed by atoms with Gasteiger partial charge >= 0.3 is 6.18 Å². The fourth-order valence-corrected chi connectivity index (χ4v) is 2.91. The summed E-state index contributed by atoms with van der Waals surface area (Å²) in [5.41, 5.74) is -1.61. The minimum absolute atomic E-state index is 0.236. The second-order valence-corrected chi connectivity index (χ2v) is 5.83. The maximum Gasteiger partial charge on any atom is 0.434 e. The first-order valence-electron chi connectivity index (χ1n) is 7.55. The molecular weight excluding hydrogens is 343 g/mol. The Balaban J connectivity index is 1.78. The molecule has 3 rings (SSSR count). The summed E-state index contributed by atoms with van der Waals surface area (Å²) in [6.45, 7) is 0. The van der Waals surface area contributed by atoms with Gasteiger partial charge in [-0.2, -0.15) is 13.2 Å². The molecule has 132 valence electrons. The van der Waals surface area contributed by atoms with Crippen LogP contribution < -0.4 is 5.32 Å². The second kappa shape index (κ2) is 6.42. The number of benzene rings is 1. The van der Waals surface area contributed by atoms with Crippen LogP contribution in [0.4, 0.5) is 22.0 Å². The molecule has 1 fully saturated rings. The first-order valence-corrected chi connectivity index (χ1v) is 7.55. The number of nitrogens with zero attached hydrogens (tertiary/aromatic N) is 1. The summed E-state index contributed by atoms with van der Waals surface area (Å²) in [4.78, 5) is 15.5. The van der Waals surface area contributed by atoms with E-state index in [9.17, 15) is 26.7 Å².